The lowest BCUT2D eigenvalue weighted by molar-refractivity contribution is -0.149. The third kappa shape index (κ3) is 5.04. The Labute approximate surface area is 201 Å². The molecule has 4 heterocycles. The maximum Gasteiger partial charge on any atom is 0.512 e. The predicted molar refractivity (Wildman–Crippen MR) is 115 cm³/mol. The fourth-order valence-corrected chi connectivity index (χ4v) is 6.20. The van der Waals surface area contributed by atoms with Crippen molar-refractivity contribution in [2.45, 2.75) is 34.7 Å². The number of nitrogens with one attached hydrogen (secondary N) is 2. The van der Waals surface area contributed by atoms with E-state index in [1.54, 1.807) is 0 Å². The second kappa shape index (κ2) is 9.81. The molecule has 2 amide bonds. The minimum atomic E-state index is -1.67. The number of nitrogens with two attached hydrogens (primary N) is 1. The number of ether oxygens (including phenoxy) is 1. The van der Waals surface area contributed by atoms with Crippen LogP contribution in [0.2, 0.25) is 0 Å². The molecule has 0 spiro atoms. The fourth-order valence-electron chi connectivity index (χ4n) is 3.24. The van der Waals surface area contributed by atoms with Gasteiger partial charge in [0.1, 0.15) is 11.4 Å². The van der Waals surface area contributed by atoms with Gasteiger partial charge in [-0.3, -0.25) is 19.3 Å². The van der Waals surface area contributed by atoms with Gasteiger partial charge in [0, 0.05) is 22.9 Å². The number of β-lactam (4-membered cyclic amide) rings is 1. The topological polar surface area (TPSA) is 239 Å². The Morgan fingerprint density at radius 2 is 2.18 bits per heavy atom. The number of rotatable bonds is 9. The number of hydrogen-bond donors (Lipinski definition) is 5. The summed E-state index contributed by atoms with van der Waals surface area (Å²) in [6.45, 7) is 0. The van der Waals surface area contributed by atoms with Crippen LogP contribution in [0.4, 0.5) is 9.93 Å². The number of hydrogen-bond acceptors (Lipinski definition) is 14. The summed E-state index contributed by atoms with van der Waals surface area (Å²) in [6, 6.07) is -0.938. The molecule has 0 aliphatic carbocycles. The highest BCUT2D eigenvalue weighted by Gasteiger charge is 2.54. The highest BCUT2D eigenvalue weighted by molar-refractivity contribution is 8.01. The van der Waals surface area contributed by atoms with Crippen molar-refractivity contribution in [3.63, 3.8) is 0 Å². The summed E-state index contributed by atoms with van der Waals surface area (Å²) in [4.78, 5) is 53.0. The number of carboxylic acid groups (broad SMARTS) is 2. The van der Waals surface area contributed by atoms with E-state index in [1.165, 1.54) is 11.8 Å². The monoisotopic (exact) mass is 529 g/mol. The van der Waals surface area contributed by atoms with Gasteiger partial charge in [-0.05, 0) is 10.4 Å². The number of aliphatic carboxylic acids is 1. The van der Waals surface area contributed by atoms with Crippen LogP contribution >= 0.6 is 35.1 Å². The molecule has 6 N–H and O–H groups in total. The number of carboxylic acids is 1. The average molecular weight is 530 g/mol. The summed E-state index contributed by atoms with van der Waals surface area (Å²) in [5.41, 5.74) is 5.77. The van der Waals surface area contributed by atoms with Gasteiger partial charge in [-0.25, -0.2) is 14.9 Å². The smallest absolute Gasteiger partial charge is 0.481 e. The van der Waals surface area contributed by atoms with E-state index in [0.717, 1.165) is 28.2 Å². The first-order chi connectivity index (χ1) is 16.2. The summed E-state index contributed by atoms with van der Waals surface area (Å²) in [7, 11) is 0. The van der Waals surface area contributed by atoms with Crippen LogP contribution in [0.25, 0.3) is 0 Å². The molecule has 0 radical (unpaired) electrons. The Balaban J connectivity index is 1.54. The van der Waals surface area contributed by atoms with E-state index >= 15 is 0 Å². The molecule has 2 aliphatic rings. The highest BCUT2D eigenvalue weighted by atomic mass is 32.2. The molecule has 34 heavy (non-hydrogen) atoms. The molecule has 1 unspecified atom stereocenters. The minimum absolute atomic E-state index is 0.139. The lowest BCUT2D eigenvalue weighted by Gasteiger charge is -2.49. The van der Waals surface area contributed by atoms with Gasteiger partial charge in [-0.15, -0.1) is 16.9 Å². The molecule has 3 atom stereocenters. The van der Waals surface area contributed by atoms with Crippen LogP contribution < -0.4 is 11.1 Å². The van der Waals surface area contributed by atoms with Crippen molar-refractivity contribution >= 4 is 64.1 Å². The molecule has 180 valence electrons. The molecule has 16 nitrogen and oxygen atoms in total. The van der Waals surface area contributed by atoms with Crippen LogP contribution in [0.15, 0.2) is 16.6 Å². The number of aromatic nitrogens is 6. The van der Waals surface area contributed by atoms with Crippen molar-refractivity contribution in [3.8, 4) is 0 Å². The minimum Gasteiger partial charge on any atom is -0.481 e. The Bertz CT molecular complexity index is 1150. The third-order valence-electron chi connectivity index (χ3n) is 4.58. The van der Waals surface area contributed by atoms with E-state index in [2.05, 4.69) is 35.3 Å². The maximum atomic E-state index is 12.9. The molecule has 1 saturated heterocycles. The number of aromatic amines is 1. The van der Waals surface area contributed by atoms with E-state index in [1.807, 2.05) is 0 Å². The summed E-state index contributed by atoms with van der Waals surface area (Å²) >= 11 is 3.12. The summed E-state index contributed by atoms with van der Waals surface area (Å²) in [6.07, 6.45) is -2.27. The number of amides is 2. The van der Waals surface area contributed by atoms with Crippen LogP contribution in [0.1, 0.15) is 12.2 Å². The molecular formula is C15H15N9O7S3. The van der Waals surface area contributed by atoms with Gasteiger partial charge in [-0.1, -0.05) is 11.8 Å². The van der Waals surface area contributed by atoms with Crippen LogP contribution in [0, 0.1) is 0 Å². The SMILES string of the molecule is Nc1nc(CC(=O)N[C@@H]2C(=O)N3C(OC(=O)O)=C(C(CC(=O)O)Sc4nnn[nH]4)CS[C@@H]23)ns1. The number of nitrogens with zero attached hydrogens (tertiary/aromatic N) is 6. The number of tetrazole rings is 1. The van der Waals surface area contributed by atoms with Crippen molar-refractivity contribution < 1.29 is 34.1 Å². The van der Waals surface area contributed by atoms with Gasteiger partial charge in [0.15, 0.2) is 11.0 Å². The molecule has 4 rings (SSSR count). The predicted octanol–water partition coefficient (Wildman–Crippen LogP) is -0.882. The highest BCUT2D eigenvalue weighted by Crippen LogP contribution is 2.44. The van der Waals surface area contributed by atoms with Crippen LogP contribution in [-0.4, -0.2) is 91.5 Å². The first-order valence-electron chi connectivity index (χ1n) is 9.31. The average Bonchev–Trinajstić information content (AvgIpc) is 3.42. The number of fused-ring (bicyclic) bond motifs is 1. The molecule has 0 bridgehead atoms. The van der Waals surface area contributed by atoms with Crippen molar-refractivity contribution in [1.29, 1.82) is 0 Å². The zero-order valence-electron chi connectivity index (χ0n) is 16.8. The third-order valence-corrected chi connectivity index (χ3v) is 7.59. The molecule has 2 aliphatic heterocycles. The van der Waals surface area contributed by atoms with Gasteiger partial charge in [0.2, 0.25) is 16.9 Å². The van der Waals surface area contributed by atoms with E-state index < -0.39 is 47.0 Å². The number of H-pyrrole nitrogens is 1. The number of thioether (sulfide) groups is 2. The lowest BCUT2D eigenvalue weighted by Crippen LogP contribution is -2.70. The van der Waals surface area contributed by atoms with E-state index in [-0.39, 0.29) is 39.7 Å². The standard InChI is InChI=1S/C15H15N9O7S3/c16-13-17-6(21-34-13)2-7(25)18-9-10(28)24-11(31-15(29)30)4(3-32-12(9)24)5(1-8(26)27)33-14-19-22-23-20-14/h5,9,12H,1-3H2,(H,18,25)(H,26,27)(H,29,30)(H2,16,17,21)(H,19,20,22,23)/t5?,9-,12+/m1/s1. The zero-order chi connectivity index (χ0) is 24.4. The molecule has 2 aromatic heterocycles. The molecule has 0 saturated carbocycles. The van der Waals surface area contributed by atoms with Gasteiger partial charge >= 0.3 is 12.1 Å². The maximum absolute atomic E-state index is 12.9. The summed E-state index contributed by atoms with van der Waals surface area (Å²) in [5, 5.41) is 33.2. The molecule has 19 heteroatoms. The Kier molecular flexibility index (Phi) is 6.84. The van der Waals surface area contributed by atoms with Crippen molar-refractivity contribution in [2.75, 3.05) is 11.5 Å². The van der Waals surface area contributed by atoms with Crippen molar-refractivity contribution in [1.82, 2.24) is 40.2 Å². The van der Waals surface area contributed by atoms with Crippen LogP contribution in [0.5, 0.6) is 0 Å². The quantitative estimate of drug-likeness (QED) is 0.150. The Hall–Kier alpha value is -3.45. The Morgan fingerprint density at radius 1 is 1.38 bits per heavy atom. The van der Waals surface area contributed by atoms with E-state index in [4.69, 9.17) is 10.5 Å². The first-order valence-corrected chi connectivity index (χ1v) is 12.0. The summed E-state index contributed by atoms with van der Waals surface area (Å²) in [5.74, 6) is -2.20. The van der Waals surface area contributed by atoms with Gasteiger partial charge < -0.3 is 26.0 Å². The molecule has 1 fully saturated rings. The second-order valence-corrected chi connectivity index (χ2v) is 9.87. The number of carbonyl (C=O) groups excluding carboxylic acids is 2. The number of anilines is 1. The number of carbonyl (C=O) groups is 4. The van der Waals surface area contributed by atoms with Crippen LogP contribution in [-0.2, 0) is 25.5 Å². The van der Waals surface area contributed by atoms with Gasteiger partial charge in [0.25, 0.3) is 5.91 Å². The fraction of sp³-hybridized carbons (Fsp3) is 0.400. The second-order valence-electron chi connectivity index (χ2n) is 6.79. The number of nitrogen functional groups attached to an aromatic ring is 1. The molecule has 2 aromatic rings. The largest absolute Gasteiger partial charge is 0.512 e. The molecule has 0 aromatic carbocycles. The normalized spacial score (nSPS) is 20.4. The van der Waals surface area contributed by atoms with Gasteiger partial charge in [-0.2, -0.15) is 4.37 Å². The first kappa shape index (κ1) is 23.7. The van der Waals surface area contributed by atoms with E-state index in [0.29, 0.717) is 0 Å². The summed E-state index contributed by atoms with van der Waals surface area (Å²) < 4.78 is 8.84. The molecular weight excluding hydrogens is 514 g/mol. The van der Waals surface area contributed by atoms with Gasteiger partial charge in [0.05, 0.1) is 18.1 Å². The van der Waals surface area contributed by atoms with Crippen molar-refractivity contribution in [2.24, 2.45) is 0 Å². The lowest BCUT2D eigenvalue weighted by atomic mass is 10.0. The van der Waals surface area contributed by atoms with Crippen molar-refractivity contribution in [3.05, 3.63) is 17.3 Å². The Morgan fingerprint density at radius 3 is 2.79 bits per heavy atom. The van der Waals surface area contributed by atoms with E-state index in [9.17, 15) is 29.4 Å². The van der Waals surface area contributed by atoms with Crippen LogP contribution in [0.3, 0.4) is 0 Å². The zero-order valence-corrected chi connectivity index (χ0v) is 19.2.